The van der Waals surface area contributed by atoms with Crippen molar-refractivity contribution < 1.29 is 18.7 Å². The van der Waals surface area contributed by atoms with E-state index in [4.69, 9.17) is 4.74 Å². The highest BCUT2D eigenvalue weighted by Gasteiger charge is 2.49. The number of hydrogen-bond donors (Lipinski definition) is 1. The first kappa shape index (κ1) is 20.5. The number of carbonyl (C=O) groups excluding carboxylic acids is 2. The van der Waals surface area contributed by atoms with Crippen LogP contribution in [0.25, 0.3) is 0 Å². The topological polar surface area (TPSA) is 71.5 Å². The van der Waals surface area contributed by atoms with Crippen LogP contribution < -0.4 is 5.32 Å². The Balaban J connectivity index is 1.34. The number of anilines is 1. The van der Waals surface area contributed by atoms with E-state index in [2.05, 4.69) is 17.2 Å². The SMILES string of the molecule is CC1CN(C(=O)Cc2cccc(F)c2)CCC12CCC(C(=O)Nc1cccnc1)O2. The minimum Gasteiger partial charge on any atom is -0.362 e. The van der Waals surface area contributed by atoms with Gasteiger partial charge in [-0.15, -0.1) is 0 Å². The van der Waals surface area contributed by atoms with Gasteiger partial charge in [0.25, 0.3) is 5.91 Å². The van der Waals surface area contributed by atoms with Gasteiger partial charge in [0.05, 0.1) is 23.9 Å². The van der Waals surface area contributed by atoms with E-state index in [0.717, 1.165) is 6.42 Å². The average molecular weight is 411 g/mol. The highest BCUT2D eigenvalue weighted by Crippen LogP contribution is 2.42. The van der Waals surface area contributed by atoms with Crippen LogP contribution in [0.2, 0.25) is 0 Å². The lowest BCUT2D eigenvalue weighted by atomic mass is 9.80. The fourth-order valence-electron chi connectivity index (χ4n) is 4.49. The maximum absolute atomic E-state index is 13.4. The summed E-state index contributed by atoms with van der Waals surface area (Å²) in [5.41, 5.74) is 0.946. The van der Waals surface area contributed by atoms with Crippen LogP contribution in [0, 0.1) is 11.7 Å². The number of nitrogens with zero attached hydrogens (tertiary/aromatic N) is 2. The molecular formula is C23H26FN3O3. The summed E-state index contributed by atoms with van der Waals surface area (Å²) in [5, 5.41) is 2.86. The predicted octanol–water partition coefficient (Wildman–Crippen LogP) is 3.19. The quantitative estimate of drug-likeness (QED) is 0.839. The normalized spacial score (nSPS) is 26.0. The summed E-state index contributed by atoms with van der Waals surface area (Å²) in [6.07, 6.45) is 5.10. The lowest BCUT2D eigenvalue weighted by molar-refractivity contribution is -0.151. The molecule has 2 aliphatic heterocycles. The van der Waals surface area contributed by atoms with Crippen molar-refractivity contribution in [3.63, 3.8) is 0 Å². The standard InChI is InChI=1S/C23H26FN3O3/c1-16-15-27(21(28)13-17-4-2-5-18(24)12-17)11-9-23(16)8-7-20(30-23)22(29)26-19-6-3-10-25-14-19/h2-6,10,12,14,16,20H,7-9,11,13,15H2,1H3,(H,26,29). The summed E-state index contributed by atoms with van der Waals surface area (Å²) in [5.74, 6) is -0.386. The van der Waals surface area contributed by atoms with Gasteiger partial charge in [0.2, 0.25) is 5.91 Å². The first-order valence-corrected chi connectivity index (χ1v) is 10.4. The molecule has 1 aromatic carbocycles. The summed E-state index contributed by atoms with van der Waals surface area (Å²) in [7, 11) is 0. The molecule has 2 aromatic rings. The van der Waals surface area contributed by atoms with E-state index >= 15 is 0 Å². The number of nitrogens with one attached hydrogen (secondary N) is 1. The number of halogens is 1. The summed E-state index contributed by atoms with van der Waals surface area (Å²) in [6.45, 7) is 3.23. The summed E-state index contributed by atoms with van der Waals surface area (Å²) in [4.78, 5) is 31.1. The predicted molar refractivity (Wildman–Crippen MR) is 110 cm³/mol. The highest BCUT2D eigenvalue weighted by atomic mass is 19.1. The Morgan fingerprint density at radius 1 is 1.30 bits per heavy atom. The van der Waals surface area contributed by atoms with E-state index in [9.17, 15) is 14.0 Å². The van der Waals surface area contributed by atoms with Gasteiger partial charge < -0.3 is 15.0 Å². The number of carbonyl (C=O) groups is 2. The van der Waals surface area contributed by atoms with Gasteiger partial charge in [0.15, 0.2) is 0 Å². The van der Waals surface area contributed by atoms with Crippen LogP contribution in [0.5, 0.6) is 0 Å². The van der Waals surface area contributed by atoms with Crippen LogP contribution in [-0.2, 0) is 20.7 Å². The molecule has 1 spiro atoms. The molecule has 2 fully saturated rings. The Bertz CT molecular complexity index is 923. The summed E-state index contributed by atoms with van der Waals surface area (Å²) < 4.78 is 19.7. The van der Waals surface area contributed by atoms with E-state index in [1.165, 1.54) is 12.1 Å². The van der Waals surface area contributed by atoms with Crippen molar-refractivity contribution in [3.8, 4) is 0 Å². The highest BCUT2D eigenvalue weighted by molar-refractivity contribution is 5.94. The molecule has 1 aromatic heterocycles. The molecule has 3 unspecified atom stereocenters. The Morgan fingerprint density at radius 2 is 2.17 bits per heavy atom. The van der Waals surface area contributed by atoms with Crippen LogP contribution in [0.1, 0.15) is 31.7 Å². The van der Waals surface area contributed by atoms with E-state index in [1.807, 2.05) is 4.90 Å². The van der Waals surface area contributed by atoms with Crippen LogP contribution >= 0.6 is 0 Å². The minimum absolute atomic E-state index is 0.00818. The maximum Gasteiger partial charge on any atom is 0.253 e. The molecule has 0 saturated carbocycles. The molecule has 2 saturated heterocycles. The van der Waals surface area contributed by atoms with Crippen LogP contribution in [0.4, 0.5) is 10.1 Å². The van der Waals surface area contributed by atoms with Crippen molar-refractivity contribution in [2.75, 3.05) is 18.4 Å². The third-order valence-corrected chi connectivity index (χ3v) is 6.22. The number of amides is 2. The number of hydrogen-bond acceptors (Lipinski definition) is 4. The fourth-order valence-corrected chi connectivity index (χ4v) is 4.49. The zero-order valence-electron chi connectivity index (χ0n) is 17.0. The van der Waals surface area contributed by atoms with E-state index in [0.29, 0.717) is 37.2 Å². The third kappa shape index (κ3) is 4.36. The molecule has 0 radical (unpaired) electrons. The molecule has 0 aliphatic carbocycles. The lowest BCUT2D eigenvalue weighted by Crippen LogP contribution is -2.53. The van der Waals surface area contributed by atoms with E-state index in [-0.39, 0.29) is 35.6 Å². The molecule has 1 N–H and O–H groups in total. The van der Waals surface area contributed by atoms with Crippen molar-refractivity contribution in [2.45, 2.75) is 44.3 Å². The number of likely N-dealkylation sites (tertiary alicyclic amines) is 1. The van der Waals surface area contributed by atoms with E-state index < -0.39 is 6.10 Å². The van der Waals surface area contributed by atoms with Crippen molar-refractivity contribution in [2.24, 2.45) is 5.92 Å². The first-order valence-electron chi connectivity index (χ1n) is 10.4. The second-order valence-electron chi connectivity index (χ2n) is 8.24. The zero-order valence-corrected chi connectivity index (χ0v) is 17.0. The largest absolute Gasteiger partial charge is 0.362 e. The Hall–Kier alpha value is -2.80. The number of rotatable bonds is 4. The molecule has 3 atom stereocenters. The number of benzene rings is 1. The number of piperidine rings is 1. The maximum atomic E-state index is 13.4. The molecule has 2 aliphatic rings. The second-order valence-corrected chi connectivity index (χ2v) is 8.24. The van der Waals surface area contributed by atoms with Gasteiger partial charge in [-0.25, -0.2) is 4.39 Å². The molecule has 4 rings (SSSR count). The third-order valence-electron chi connectivity index (χ3n) is 6.22. The minimum atomic E-state index is -0.498. The molecule has 158 valence electrons. The molecule has 3 heterocycles. The summed E-state index contributed by atoms with van der Waals surface area (Å²) in [6, 6.07) is 9.72. The van der Waals surface area contributed by atoms with Crippen molar-refractivity contribution in [1.82, 2.24) is 9.88 Å². The molecule has 7 heteroatoms. The molecule has 2 amide bonds. The van der Waals surface area contributed by atoms with Crippen LogP contribution in [0.3, 0.4) is 0 Å². The van der Waals surface area contributed by atoms with Crippen LogP contribution in [-0.4, -0.2) is 46.5 Å². The molecular weight excluding hydrogens is 385 g/mol. The van der Waals surface area contributed by atoms with Crippen molar-refractivity contribution in [3.05, 3.63) is 60.2 Å². The molecule has 0 bridgehead atoms. The molecule has 6 nitrogen and oxygen atoms in total. The number of ether oxygens (including phenoxy) is 1. The van der Waals surface area contributed by atoms with Gasteiger partial charge in [0.1, 0.15) is 11.9 Å². The second kappa shape index (κ2) is 8.52. The Labute approximate surface area is 175 Å². The van der Waals surface area contributed by atoms with Gasteiger partial charge >= 0.3 is 0 Å². The zero-order chi connectivity index (χ0) is 21.1. The van der Waals surface area contributed by atoms with Gasteiger partial charge in [-0.2, -0.15) is 0 Å². The van der Waals surface area contributed by atoms with Crippen LogP contribution in [0.15, 0.2) is 48.8 Å². The van der Waals surface area contributed by atoms with Gasteiger partial charge in [-0.05, 0) is 49.1 Å². The van der Waals surface area contributed by atoms with Crippen molar-refractivity contribution in [1.29, 1.82) is 0 Å². The summed E-state index contributed by atoms with van der Waals surface area (Å²) >= 11 is 0. The number of aromatic nitrogens is 1. The molecule has 30 heavy (non-hydrogen) atoms. The first-order chi connectivity index (χ1) is 14.4. The van der Waals surface area contributed by atoms with E-state index in [1.54, 1.807) is 36.7 Å². The smallest absolute Gasteiger partial charge is 0.253 e. The Kier molecular flexibility index (Phi) is 5.81. The van der Waals surface area contributed by atoms with Gasteiger partial charge in [-0.3, -0.25) is 14.6 Å². The average Bonchev–Trinajstić information content (AvgIpc) is 3.16. The fraction of sp³-hybridized carbons (Fsp3) is 0.435. The van der Waals surface area contributed by atoms with Crippen molar-refractivity contribution >= 4 is 17.5 Å². The van der Waals surface area contributed by atoms with Gasteiger partial charge in [-0.1, -0.05) is 19.1 Å². The number of pyridine rings is 1. The monoisotopic (exact) mass is 411 g/mol. The Morgan fingerprint density at radius 3 is 2.90 bits per heavy atom. The van der Waals surface area contributed by atoms with Gasteiger partial charge in [0, 0.05) is 25.2 Å². The lowest BCUT2D eigenvalue weighted by Gasteiger charge is -2.44.